The maximum absolute atomic E-state index is 14.0. The van der Waals surface area contributed by atoms with E-state index in [0.29, 0.717) is 10.2 Å². The van der Waals surface area contributed by atoms with Crippen LogP contribution in [0.2, 0.25) is 0 Å². The highest BCUT2D eigenvalue weighted by atomic mass is 79.9. The maximum Gasteiger partial charge on any atom is 0.267 e. The molecule has 0 saturated heterocycles. The van der Waals surface area contributed by atoms with Crippen molar-refractivity contribution in [1.29, 1.82) is 0 Å². The third-order valence-electron chi connectivity index (χ3n) is 3.26. The lowest BCUT2D eigenvalue weighted by Gasteiger charge is -2.16. The van der Waals surface area contributed by atoms with Crippen LogP contribution in [0.3, 0.4) is 0 Å². The molecule has 1 atom stereocenters. The van der Waals surface area contributed by atoms with Crippen LogP contribution in [0.4, 0.5) is 4.39 Å². The Morgan fingerprint density at radius 2 is 2.14 bits per heavy atom. The Labute approximate surface area is 133 Å². The molecule has 0 spiro atoms. The number of benzene rings is 1. The Kier molecular flexibility index (Phi) is 3.76. The second-order valence-electron chi connectivity index (χ2n) is 4.86. The predicted octanol–water partition coefficient (Wildman–Crippen LogP) is 2.70. The van der Waals surface area contributed by atoms with Crippen molar-refractivity contribution in [2.24, 2.45) is 5.73 Å². The molecule has 0 aliphatic carbocycles. The monoisotopic (exact) mass is 362 g/mol. The van der Waals surface area contributed by atoms with Gasteiger partial charge in [-0.15, -0.1) is 0 Å². The maximum atomic E-state index is 14.0. The summed E-state index contributed by atoms with van der Waals surface area (Å²) in [5.74, 6) is -0.280. The number of aromatic nitrogens is 3. The second-order valence-corrected chi connectivity index (χ2v) is 5.72. The molecule has 2 aromatic heterocycles. The minimum absolute atomic E-state index is 0.00631. The molecule has 2 heterocycles. The van der Waals surface area contributed by atoms with Crippen molar-refractivity contribution in [3.63, 3.8) is 0 Å². The summed E-state index contributed by atoms with van der Waals surface area (Å²) in [4.78, 5) is 21.2. The van der Waals surface area contributed by atoms with E-state index >= 15 is 0 Å². The van der Waals surface area contributed by atoms with Gasteiger partial charge in [-0.3, -0.25) is 14.3 Å². The van der Waals surface area contributed by atoms with E-state index in [0.717, 1.165) is 0 Å². The van der Waals surface area contributed by atoms with Gasteiger partial charge in [-0.25, -0.2) is 9.37 Å². The molecule has 0 amide bonds. The first-order chi connectivity index (χ1) is 10.5. The standard InChI is InChI=1S/C15H12BrFN4O/c1-8(18)14-20-13-11(17)5-4-10(16)12(13)15(22)21(14)9-3-2-6-19-7-9/h2-8H,18H2,1H3/t8-/m0/s1. The highest BCUT2D eigenvalue weighted by molar-refractivity contribution is 9.10. The second kappa shape index (κ2) is 5.58. The normalized spacial score (nSPS) is 12.5. The summed E-state index contributed by atoms with van der Waals surface area (Å²) in [5, 5.41) is 0.174. The summed E-state index contributed by atoms with van der Waals surface area (Å²) in [5.41, 5.74) is 6.07. The number of pyridine rings is 1. The molecule has 0 unspecified atom stereocenters. The van der Waals surface area contributed by atoms with Crippen LogP contribution in [0.5, 0.6) is 0 Å². The van der Waals surface area contributed by atoms with Gasteiger partial charge in [-0.05, 0) is 47.1 Å². The van der Waals surface area contributed by atoms with Crippen LogP contribution in [0.15, 0.2) is 45.9 Å². The highest BCUT2D eigenvalue weighted by Crippen LogP contribution is 2.24. The molecule has 0 aliphatic rings. The molecule has 0 saturated carbocycles. The van der Waals surface area contributed by atoms with E-state index in [4.69, 9.17) is 5.73 Å². The smallest absolute Gasteiger partial charge is 0.267 e. The summed E-state index contributed by atoms with van der Waals surface area (Å²) < 4.78 is 15.9. The van der Waals surface area contributed by atoms with Gasteiger partial charge in [0.2, 0.25) is 0 Å². The minimum Gasteiger partial charge on any atom is -0.322 e. The van der Waals surface area contributed by atoms with E-state index in [1.807, 2.05) is 0 Å². The average molecular weight is 363 g/mol. The largest absolute Gasteiger partial charge is 0.322 e. The van der Waals surface area contributed by atoms with Crippen molar-refractivity contribution >= 4 is 26.8 Å². The lowest BCUT2D eigenvalue weighted by molar-refractivity contribution is 0.629. The molecule has 112 valence electrons. The third-order valence-corrected chi connectivity index (χ3v) is 3.92. The van der Waals surface area contributed by atoms with Gasteiger partial charge in [0.1, 0.15) is 17.2 Å². The fourth-order valence-electron chi connectivity index (χ4n) is 2.28. The molecule has 0 fully saturated rings. The molecule has 0 bridgehead atoms. The molecule has 7 heteroatoms. The van der Waals surface area contributed by atoms with Crippen molar-refractivity contribution in [3.05, 3.63) is 63.1 Å². The van der Waals surface area contributed by atoms with E-state index < -0.39 is 17.4 Å². The fourth-order valence-corrected chi connectivity index (χ4v) is 2.76. The molecule has 5 nitrogen and oxygen atoms in total. The number of rotatable bonds is 2. The Bertz CT molecular complexity index is 909. The zero-order chi connectivity index (χ0) is 15.9. The lowest BCUT2D eigenvalue weighted by Crippen LogP contribution is -2.28. The molecule has 0 radical (unpaired) electrons. The average Bonchev–Trinajstić information content (AvgIpc) is 2.51. The first-order valence-electron chi connectivity index (χ1n) is 6.57. The Balaban J connectivity index is 2.51. The Hall–Kier alpha value is -2.12. The van der Waals surface area contributed by atoms with Crippen LogP contribution in [0, 0.1) is 5.82 Å². The Morgan fingerprint density at radius 3 is 2.77 bits per heavy atom. The van der Waals surface area contributed by atoms with Crippen LogP contribution < -0.4 is 11.3 Å². The number of halogens is 2. The summed E-state index contributed by atoms with van der Waals surface area (Å²) >= 11 is 3.28. The summed E-state index contributed by atoms with van der Waals surface area (Å²) in [6.07, 6.45) is 3.14. The zero-order valence-corrected chi connectivity index (χ0v) is 13.2. The van der Waals surface area contributed by atoms with Gasteiger partial charge in [0.05, 0.1) is 23.3 Å². The topological polar surface area (TPSA) is 73.8 Å². The molecule has 2 N–H and O–H groups in total. The van der Waals surface area contributed by atoms with Gasteiger partial charge in [-0.2, -0.15) is 0 Å². The molecular formula is C15H12BrFN4O. The van der Waals surface area contributed by atoms with Crippen LogP contribution in [-0.2, 0) is 0 Å². The van der Waals surface area contributed by atoms with Crippen LogP contribution in [0.25, 0.3) is 16.6 Å². The van der Waals surface area contributed by atoms with E-state index in [9.17, 15) is 9.18 Å². The molecule has 3 rings (SSSR count). The van der Waals surface area contributed by atoms with Crippen molar-refractivity contribution in [2.75, 3.05) is 0 Å². The summed E-state index contributed by atoms with van der Waals surface area (Å²) in [6, 6.07) is 5.63. The van der Waals surface area contributed by atoms with Crippen molar-refractivity contribution < 1.29 is 4.39 Å². The number of nitrogens with zero attached hydrogens (tertiary/aromatic N) is 3. The van der Waals surface area contributed by atoms with Crippen LogP contribution in [-0.4, -0.2) is 14.5 Å². The van der Waals surface area contributed by atoms with E-state index in [1.54, 1.807) is 25.3 Å². The van der Waals surface area contributed by atoms with Gasteiger partial charge in [0.25, 0.3) is 5.56 Å². The quantitative estimate of drug-likeness (QED) is 0.760. The van der Waals surface area contributed by atoms with E-state index in [-0.39, 0.29) is 16.7 Å². The minimum atomic E-state index is -0.560. The Morgan fingerprint density at radius 1 is 1.36 bits per heavy atom. The molecule has 3 aromatic rings. The van der Waals surface area contributed by atoms with Gasteiger partial charge >= 0.3 is 0 Å². The molecular weight excluding hydrogens is 351 g/mol. The number of hydrogen-bond acceptors (Lipinski definition) is 4. The predicted molar refractivity (Wildman–Crippen MR) is 85.4 cm³/mol. The van der Waals surface area contributed by atoms with Crippen LogP contribution >= 0.6 is 15.9 Å². The van der Waals surface area contributed by atoms with E-state index in [2.05, 4.69) is 25.9 Å². The highest BCUT2D eigenvalue weighted by Gasteiger charge is 2.19. The zero-order valence-electron chi connectivity index (χ0n) is 11.6. The first kappa shape index (κ1) is 14.8. The van der Waals surface area contributed by atoms with Crippen LogP contribution in [0.1, 0.15) is 18.8 Å². The van der Waals surface area contributed by atoms with Crippen molar-refractivity contribution in [1.82, 2.24) is 14.5 Å². The number of hydrogen-bond donors (Lipinski definition) is 1. The van der Waals surface area contributed by atoms with Gasteiger partial charge in [0.15, 0.2) is 0 Å². The first-order valence-corrected chi connectivity index (χ1v) is 7.36. The van der Waals surface area contributed by atoms with E-state index in [1.165, 1.54) is 22.9 Å². The molecule has 22 heavy (non-hydrogen) atoms. The number of nitrogens with two attached hydrogens (primary N) is 1. The number of fused-ring (bicyclic) bond motifs is 1. The van der Waals surface area contributed by atoms with Gasteiger partial charge in [-0.1, -0.05) is 0 Å². The molecule has 1 aromatic carbocycles. The summed E-state index contributed by atoms with van der Waals surface area (Å²) in [6.45, 7) is 1.69. The lowest BCUT2D eigenvalue weighted by atomic mass is 10.2. The summed E-state index contributed by atoms with van der Waals surface area (Å²) in [7, 11) is 0. The van der Waals surface area contributed by atoms with Crippen molar-refractivity contribution in [3.8, 4) is 5.69 Å². The van der Waals surface area contributed by atoms with Gasteiger partial charge in [0, 0.05) is 10.7 Å². The fraction of sp³-hybridized carbons (Fsp3) is 0.133. The molecule has 0 aliphatic heterocycles. The third kappa shape index (κ3) is 2.32. The van der Waals surface area contributed by atoms with Gasteiger partial charge < -0.3 is 5.73 Å². The van der Waals surface area contributed by atoms with Crippen molar-refractivity contribution in [2.45, 2.75) is 13.0 Å². The SMILES string of the molecule is C[C@H](N)c1nc2c(F)ccc(Br)c2c(=O)n1-c1cccnc1.